The van der Waals surface area contributed by atoms with Crippen molar-refractivity contribution in [2.45, 2.75) is 38.2 Å². The molecule has 4 aromatic carbocycles. The fourth-order valence-corrected chi connectivity index (χ4v) is 8.00. The van der Waals surface area contributed by atoms with Crippen LogP contribution in [0.1, 0.15) is 53.3 Å². The lowest BCUT2D eigenvalue weighted by molar-refractivity contribution is -0.0447. The van der Waals surface area contributed by atoms with Crippen LogP contribution in [0.2, 0.25) is 0 Å². The largest absolute Gasteiger partial charge is 0.488 e. The number of rotatable bonds is 9. The molecule has 0 spiro atoms. The third-order valence-corrected chi connectivity index (χ3v) is 10.7. The zero-order valence-electron chi connectivity index (χ0n) is 30.2. The van der Waals surface area contributed by atoms with Gasteiger partial charge in [0.1, 0.15) is 35.4 Å². The monoisotopic (exact) mass is 725 g/mol. The molecule has 3 aliphatic rings. The number of pyridine rings is 2. The van der Waals surface area contributed by atoms with Gasteiger partial charge in [0.05, 0.1) is 36.1 Å². The number of amidine groups is 1. The highest BCUT2D eigenvalue weighted by molar-refractivity contribution is 6.22. The summed E-state index contributed by atoms with van der Waals surface area (Å²) in [7, 11) is 0. The summed E-state index contributed by atoms with van der Waals surface area (Å²) >= 11 is 0. The highest BCUT2D eigenvalue weighted by atomic mass is 16.7. The second-order valence-electron chi connectivity index (χ2n) is 14.0. The number of dihydropyridines is 1. The number of aliphatic imine (C=N–C) groups is 1. The van der Waals surface area contributed by atoms with Crippen LogP contribution in [-0.2, 0) is 22.5 Å². The standard InChI is InChI=1S/C45H39N7O3/c46-41-35(12-7-22-47-41)43-51-38-19-18-36(29-10-5-2-6-11-29)50-44(38)52(43)31-14-15-32-30(26-31)13-17-37(32)49-42-34-16-20-39(55-27-28-8-3-1-4-9-28)40(33(34)21-23-48-42)45-53-24-25-54-45/h1-6,8-12,14-16,18-21,23,26,37,45H,7,13,17,22,24-25,27H2,(H2,46,47)(H,48,49). The van der Waals surface area contributed by atoms with Crippen molar-refractivity contribution in [1.82, 2.24) is 19.5 Å². The lowest BCUT2D eigenvalue weighted by Crippen LogP contribution is -2.20. The maximum atomic E-state index is 6.49. The first kappa shape index (κ1) is 33.2. The highest BCUT2D eigenvalue weighted by Crippen LogP contribution is 2.42. The zero-order valence-corrected chi connectivity index (χ0v) is 30.2. The Balaban J connectivity index is 0.999. The van der Waals surface area contributed by atoms with Gasteiger partial charge in [-0.1, -0.05) is 72.8 Å². The Morgan fingerprint density at radius 3 is 2.53 bits per heavy atom. The molecule has 10 nitrogen and oxygen atoms in total. The molecule has 0 radical (unpaired) electrons. The van der Waals surface area contributed by atoms with Crippen molar-refractivity contribution in [3.63, 3.8) is 0 Å². The van der Waals surface area contributed by atoms with Crippen molar-refractivity contribution in [2.75, 3.05) is 25.1 Å². The summed E-state index contributed by atoms with van der Waals surface area (Å²) in [6.45, 7) is 2.20. The van der Waals surface area contributed by atoms with E-state index in [4.69, 9.17) is 34.9 Å². The number of aromatic nitrogens is 4. The number of nitrogens with one attached hydrogen (secondary N) is 1. The van der Waals surface area contributed by atoms with Crippen molar-refractivity contribution in [3.8, 4) is 22.7 Å². The summed E-state index contributed by atoms with van der Waals surface area (Å²) in [5, 5.41) is 5.79. The predicted octanol–water partition coefficient (Wildman–Crippen LogP) is 8.50. The van der Waals surface area contributed by atoms with Gasteiger partial charge in [-0.15, -0.1) is 0 Å². The number of benzene rings is 4. The normalized spacial score (nSPS) is 17.0. The first-order valence-electron chi connectivity index (χ1n) is 18.8. The topological polar surface area (TPSA) is 122 Å². The first-order valence-corrected chi connectivity index (χ1v) is 18.8. The number of imidazole rings is 1. The minimum Gasteiger partial charge on any atom is -0.488 e. The molecule has 3 aromatic heterocycles. The van der Waals surface area contributed by atoms with Gasteiger partial charge < -0.3 is 25.3 Å². The van der Waals surface area contributed by atoms with E-state index in [1.54, 1.807) is 0 Å². The van der Waals surface area contributed by atoms with Crippen molar-refractivity contribution >= 4 is 39.2 Å². The van der Waals surface area contributed by atoms with Crippen LogP contribution in [0.4, 0.5) is 5.82 Å². The van der Waals surface area contributed by atoms with E-state index >= 15 is 0 Å². The first-order chi connectivity index (χ1) is 27.2. The fraction of sp³-hybridized carbons (Fsp3) is 0.200. The second-order valence-corrected chi connectivity index (χ2v) is 14.0. The quantitative estimate of drug-likeness (QED) is 0.152. The Morgan fingerprint density at radius 1 is 0.855 bits per heavy atom. The van der Waals surface area contributed by atoms with E-state index in [1.165, 1.54) is 11.1 Å². The minimum absolute atomic E-state index is 0.0734. The SMILES string of the molecule is NC1=NCCC=C1c1nc2ccc(-c3ccccc3)nc2n1-c1ccc2c(c1)CCC2Nc1nccc2c(C3OCCO3)c(OCc3ccccc3)ccc12. The molecule has 1 fully saturated rings. The third-order valence-electron chi connectivity index (χ3n) is 10.7. The van der Waals surface area contributed by atoms with Gasteiger partial charge >= 0.3 is 0 Å². The van der Waals surface area contributed by atoms with E-state index in [0.717, 1.165) is 92.2 Å². The molecule has 0 saturated carbocycles. The summed E-state index contributed by atoms with van der Waals surface area (Å²) in [4.78, 5) is 19.7. The lowest BCUT2D eigenvalue weighted by atomic mass is 10.0. The van der Waals surface area contributed by atoms with Gasteiger partial charge in [-0.25, -0.2) is 15.0 Å². The zero-order chi connectivity index (χ0) is 36.7. The van der Waals surface area contributed by atoms with E-state index in [9.17, 15) is 0 Å². The predicted molar refractivity (Wildman–Crippen MR) is 215 cm³/mol. The molecule has 5 heterocycles. The number of nitrogens with zero attached hydrogens (tertiary/aromatic N) is 5. The van der Waals surface area contributed by atoms with Gasteiger partial charge in [0.25, 0.3) is 0 Å². The fourth-order valence-electron chi connectivity index (χ4n) is 8.00. The van der Waals surface area contributed by atoms with E-state index in [2.05, 4.69) is 69.5 Å². The lowest BCUT2D eigenvalue weighted by Gasteiger charge is -2.21. The Kier molecular flexibility index (Phi) is 8.54. The smallest absolute Gasteiger partial charge is 0.188 e. The van der Waals surface area contributed by atoms with Crippen LogP contribution in [0.3, 0.4) is 0 Å². The molecule has 10 rings (SSSR count). The summed E-state index contributed by atoms with van der Waals surface area (Å²) < 4.78 is 20.6. The maximum Gasteiger partial charge on any atom is 0.188 e. The molecular formula is C45H39N7O3. The van der Waals surface area contributed by atoms with Crippen LogP contribution >= 0.6 is 0 Å². The number of ether oxygens (including phenoxy) is 3. The van der Waals surface area contributed by atoms with E-state index < -0.39 is 6.29 Å². The van der Waals surface area contributed by atoms with Gasteiger partial charge in [0, 0.05) is 29.4 Å². The van der Waals surface area contributed by atoms with Crippen LogP contribution < -0.4 is 15.8 Å². The molecule has 3 N–H and O–H groups in total. The number of aryl methyl sites for hydroxylation is 1. The highest BCUT2D eigenvalue weighted by Gasteiger charge is 2.29. The van der Waals surface area contributed by atoms with Crippen molar-refractivity contribution in [1.29, 1.82) is 0 Å². The van der Waals surface area contributed by atoms with Gasteiger partial charge in [-0.05, 0) is 83.8 Å². The van der Waals surface area contributed by atoms with Crippen LogP contribution in [0, 0.1) is 0 Å². The maximum absolute atomic E-state index is 6.49. The summed E-state index contributed by atoms with van der Waals surface area (Å²) in [6, 6.07) is 37.3. The van der Waals surface area contributed by atoms with Crippen molar-refractivity contribution < 1.29 is 14.2 Å². The number of hydrogen-bond acceptors (Lipinski definition) is 9. The molecule has 1 atom stereocenters. The Morgan fingerprint density at radius 2 is 1.69 bits per heavy atom. The summed E-state index contributed by atoms with van der Waals surface area (Å²) in [6.07, 6.45) is 6.12. The van der Waals surface area contributed by atoms with Gasteiger partial charge in [0.2, 0.25) is 0 Å². The van der Waals surface area contributed by atoms with E-state index in [-0.39, 0.29) is 6.04 Å². The number of fused-ring (bicyclic) bond motifs is 3. The summed E-state index contributed by atoms with van der Waals surface area (Å²) in [5.74, 6) is 2.81. The molecule has 1 aliphatic carbocycles. The molecule has 1 unspecified atom stereocenters. The number of anilines is 1. The van der Waals surface area contributed by atoms with Gasteiger partial charge in [-0.2, -0.15) is 0 Å². The van der Waals surface area contributed by atoms with E-state index in [1.807, 2.05) is 66.9 Å². The van der Waals surface area contributed by atoms with Crippen LogP contribution in [0.25, 0.3) is 44.5 Å². The molecule has 0 amide bonds. The van der Waals surface area contributed by atoms with Crippen LogP contribution in [0.15, 0.2) is 126 Å². The summed E-state index contributed by atoms with van der Waals surface area (Å²) in [5.41, 5.74) is 16.3. The molecule has 7 aromatic rings. The Hall–Kier alpha value is -6.36. The third kappa shape index (κ3) is 6.19. The average molecular weight is 726 g/mol. The van der Waals surface area contributed by atoms with Gasteiger partial charge in [0.15, 0.2) is 11.9 Å². The second kappa shape index (κ2) is 14.1. The molecular weight excluding hydrogens is 687 g/mol. The van der Waals surface area contributed by atoms with E-state index in [0.29, 0.717) is 32.2 Å². The van der Waals surface area contributed by atoms with Crippen LogP contribution in [-0.4, -0.2) is 45.1 Å². The molecule has 1 saturated heterocycles. The molecule has 272 valence electrons. The van der Waals surface area contributed by atoms with Crippen molar-refractivity contribution in [3.05, 3.63) is 150 Å². The van der Waals surface area contributed by atoms with Crippen molar-refractivity contribution in [2.24, 2.45) is 10.7 Å². The average Bonchev–Trinajstić information content (AvgIpc) is 4.00. The Bertz CT molecular complexity index is 2610. The van der Waals surface area contributed by atoms with Gasteiger partial charge in [-0.3, -0.25) is 9.56 Å². The minimum atomic E-state index is -0.510. The molecule has 55 heavy (non-hydrogen) atoms. The molecule has 10 heteroatoms. The molecule has 2 aliphatic heterocycles. The number of hydrogen-bond donors (Lipinski definition) is 2. The number of nitrogens with two attached hydrogens (primary N) is 1. The molecule has 0 bridgehead atoms. The Labute approximate surface area is 318 Å². The van der Waals surface area contributed by atoms with Crippen LogP contribution in [0.5, 0.6) is 5.75 Å².